The fourth-order valence-corrected chi connectivity index (χ4v) is 2.44. The molecule has 0 unspecified atom stereocenters. The summed E-state index contributed by atoms with van der Waals surface area (Å²) in [6.07, 6.45) is -0.898. The first-order valence-corrected chi connectivity index (χ1v) is 8.38. The summed E-state index contributed by atoms with van der Waals surface area (Å²) >= 11 is 5.84. The van der Waals surface area contributed by atoms with Crippen molar-refractivity contribution in [2.75, 3.05) is 5.73 Å². The molecule has 0 radical (unpaired) electrons. The largest absolute Gasteiger partial charge is 0.451 e. The van der Waals surface area contributed by atoms with Gasteiger partial charge < -0.3 is 10.5 Å². The molecule has 0 aromatic heterocycles. The minimum absolute atomic E-state index is 0.00811. The summed E-state index contributed by atoms with van der Waals surface area (Å²) in [5.74, 6) is -0.869. The van der Waals surface area contributed by atoms with Crippen LogP contribution in [0.3, 0.4) is 0 Å². The van der Waals surface area contributed by atoms with E-state index in [1.54, 1.807) is 19.1 Å². The maximum absolute atomic E-state index is 12.5. The van der Waals surface area contributed by atoms with E-state index in [1.165, 1.54) is 18.2 Å². The molecule has 0 aliphatic heterocycles. The van der Waals surface area contributed by atoms with Crippen LogP contribution in [0, 0.1) is 0 Å². The molecule has 1 atom stereocenters. The molecule has 0 bridgehead atoms. The molecule has 0 heterocycles. The molecule has 0 spiro atoms. The van der Waals surface area contributed by atoms with Crippen LogP contribution in [0.1, 0.15) is 54.0 Å². The Bertz CT molecular complexity index is 792. The molecule has 2 aromatic carbocycles. The molecule has 0 amide bonds. The number of halogens is 1. The molecule has 2 aromatic rings. The van der Waals surface area contributed by atoms with Gasteiger partial charge in [0.1, 0.15) is 0 Å². The average Bonchev–Trinajstić information content (AvgIpc) is 2.55. The highest BCUT2D eigenvalue weighted by Gasteiger charge is 2.21. The first-order valence-electron chi connectivity index (χ1n) is 8.00. The van der Waals surface area contributed by atoms with Crippen LogP contribution in [-0.2, 0) is 10.2 Å². The first kappa shape index (κ1) is 19.0. The Labute approximate surface area is 152 Å². The monoisotopic (exact) mass is 359 g/mol. The maximum atomic E-state index is 12.5. The van der Waals surface area contributed by atoms with Crippen LogP contribution in [0.4, 0.5) is 5.69 Å². The van der Waals surface area contributed by atoms with E-state index < -0.39 is 12.1 Å². The molecular formula is C20H22ClNO3. The first-order chi connectivity index (χ1) is 11.6. The molecule has 4 nitrogen and oxygen atoms in total. The molecule has 0 saturated carbocycles. The molecule has 0 saturated heterocycles. The van der Waals surface area contributed by atoms with Crippen molar-refractivity contribution in [2.45, 2.75) is 39.2 Å². The number of rotatable bonds is 4. The van der Waals surface area contributed by atoms with Crippen molar-refractivity contribution in [3.63, 3.8) is 0 Å². The smallest absolute Gasteiger partial charge is 0.338 e. The van der Waals surface area contributed by atoms with Gasteiger partial charge in [0.25, 0.3) is 0 Å². The lowest BCUT2D eigenvalue weighted by Gasteiger charge is -2.19. The molecule has 0 fully saturated rings. The SMILES string of the molecule is C[C@@H](OC(=O)c1ccc(Cl)c(N)c1)C(=O)c1ccc(C(C)(C)C)cc1. The van der Waals surface area contributed by atoms with Crippen LogP contribution >= 0.6 is 11.6 Å². The number of ether oxygens (including phenoxy) is 1. The Hall–Kier alpha value is -2.33. The molecule has 25 heavy (non-hydrogen) atoms. The number of carbonyl (C=O) groups is 2. The van der Waals surface area contributed by atoms with E-state index in [1.807, 2.05) is 12.1 Å². The van der Waals surface area contributed by atoms with Gasteiger partial charge in [-0.05, 0) is 36.1 Å². The van der Waals surface area contributed by atoms with E-state index in [2.05, 4.69) is 20.8 Å². The van der Waals surface area contributed by atoms with E-state index in [-0.39, 0.29) is 22.4 Å². The highest BCUT2D eigenvalue weighted by atomic mass is 35.5. The van der Waals surface area contributed by atoms with Gasteiger partial charge >= 0.3 is 5.97 Å². The fraction of sp³-hybridized carbons (Fsp3) is 0.300. The number of hydrogen-bond acceptors (Lipinski definition) is 4. The van der Waals surface area contributed by atoms with E-state index in [0.717, 1.165) is 5.56 Å². The van der Waals surface area contributed by atoms with Crippen LogP contribution in [0.5, 0.6) is 0 Å². The van der Waals surface area contributed by atoms with E-state index in [0.29, 0.717) is 10.6 Å². The second-order valence-electron chi connectivity index (χ2n) is 6.98. The quantitative estimate of drug-likeness (QED) is 0.490. The molecular weight excluding hydrogens is 338 g/mol. The summed E-state index contributed by atoms with van der Waals surface area (Å²) in [4.78, 5) is 24.6. The summed E-state index contributed by atoms with van der Waals surface area (Å²) in [6.45, 7) is 7.86. The van der Waals surface area contributed by atoms with Gasteiger partial charge in [0.2, 0.25) is 5.78 Å². The van der Waals surface area contributed by atoms with Crippen molar-refractivity contribution >= 4 is 29.0 Å². The Kier molecular flexibility index (Phi) is 5.53. The van der Waals surface area contributed by atoms with Crippen molar-refractivity contribution in [1.29, 1.82) is 0 Å². The zero-order valence-electron chi connectivity index (χ0n) is 14.8. The number of nitrogens with two attached hydrogens (primary N) is 1. The van der Waals surface area contributed by atoms with Crippen LogP contribution in [-0.4, -0.2) is 17.9 Å². The molecule has 2 rings (SSSR count). The summed E-state index contributed by atoms with van der Waals surface area (Å²) in [7, 11) is 0. The standard InChI is InChI=1S/C20H22ClNO3/c1-12(25-19(24)14-7-10-16(21)17(22)11-14)18(23)13-5-8-15(9-6-13)20(2,3)4/h5-12H,22H2,1-4H3/t12-/m1/s1. The van der Waals surface area contributed by atoms with E-state index >= 15 is 0 Å². The van der Waals surface area contributed by atoms with Crippen molar-refractivity contribution in [1.82, 2.24) is 0 Å². The fourth-order valence-electron chi connectivity index (χ4n) is 2.32. The van der Waals surface area contributed by atoms with Crippen molar-refractivity contribution in [2.24, 2.45) is 0 Å². The molecule has 2 N–H and O–H groups in total. The van der Waals surface area contributed by atoms with Gasteiger partial charge in [-0.1, -0.05) is 56.6 Å². The van der Waals surface area contributed by atoms with Gasteiger partial charge in [-0.15, -0.1) is 0 Å². The second-order valence-corrected chi connectivity index (χ2v) is 7.38. The van der Waals surface area contributed by atoms with Gasteiger partial charge in [-0.25, -0.2) is 4.79 Å². The normalized spacial score (nSPS) is 12.5. The topological polar surface area (TPSA) is 69.4 Å². The van der Waals surface area contributed by atoms with Gasteiger partial charge in [0, 0.05) is 5.56 Å². The van der Waals surface area contributed by atoms with E-state index in [4.69, 9.17) is 22.1 Å². The van der Waals surface area contributed by atoms with Crippen LogP contribution in [0.2, 0.25) is 5.02 Å². The number of benzene rings is 2. The van der Waals surface area contributed by atoms with Crippen LogP contribution in [0.15, 0.2) is 42.5 Å². The molecule has 0 aliphatic rings. The van der Waals surface area contributed by atoms with Gasteiger partial charge in [0.15, 0.2) is 6.10 Å². The Morgan fingerprint density at radius 2 is 1.60 bits per heavy atom. The number of nitrogen functional groups attached to an aromatic ring is 1. The zero-order valence-corrected chi connectivity index (χ0v) is 15.6. The summed E-state index contributed by atoms with van der Waals surface area (Å²) < 4.78 is 5.26. The van der Waals surface area contributed by atoms with Gasteiger partial charge in [-0.2, -0.15) is 0 Å². The van der Waals surface area contributed by atoms with Crippen molar-refractivity contribution < 1.29 is 14.3 Å². The van der Waals surface area contributed by atoms with Gasteiger partial charge in [-0.3, -0.25) is 4.79 Å². The molecule has 5 heteroatoms. The van der Waals surface area contributed by atoms with Crippen LogP contribution < -0.4 is 5.73 Å². The molecule has 132 valence electrons. The minimum Gasteiger partial charge on any atom is -0.451 e. The number of Topliss-reactive ketones (excluding diaryl/α,β-unsaturated/α-hetero) is 1. The van der Waals surface area contributed by atoms with Crippen LogP contribution in [0.25, 0.3) is 0 Å². The highest BCUT2D eigenvalue weighted by Crippen LogP contribution is 2.23. The number of esters is 1. The lowest BCUT2D eigenvalue weighted by molar-refractivity contribution is 0.0319. The van der Waals surface area contributed by atoms with Crippen molar-refractivity contribution in [3.05, 3.63) is 64.2 Å². The number of ketones is 1. The summed E-state index contributed by atoms with van der Waals surface area (Å²) in [5.41, 5.74) is 7.86. The maximum Gasteiger partial charge on any atom is 0.338 e. The minimum atomic E-state index is -0.898. The third kappa shape index (κ3) is 4.60. The molecule has 0 aliphatic carbocycles. The van der Waals surface area contributed by atoms with Gasteiger partial charge in [0.05, 0.1) is 16.3 Å². The lowest BCUT2D eigenvalue weighted by Crippen LogP contribution is -2.24. The Morgan fingerprint density at radius 3 is 2.12 bits per heavy atom. The van der Waals surface area contributed by atoms with E-state index in [9.17, 15) is 9.59 Å². The Morgan fingerprint density at radius 1 is 1.04 bits per heavy atom. The lowest BCUT2D eigenvalue weighted by atomic mass is 9.86. The Balaban J connectivity index is 2.09. The van der Waals surface area contributed by atoms with Crippen molar-refractivity contribution in [3.8, 4) is 0 Å². The zero-order chi connectivity index (χ0) is 18.8. The summed E-state index contributed by atoms with van der Waals surface area (Å²) in [5, 5.41) is 0.361. The number of hydrogen-bond donors (Lipinski definition) is 1. The predicted octanol–water partition coefficient (Wildman–Crippen LogP) is 4.65. The summed E-state index contributed by atoms with van der Waals surface area (Å²) in [6, 6.07) is 11.8. The average molecular weight is 360 g/mol. The number of anilines is 1. The predicted molar refractivity (Wildman–Crippen MR) is 100 cm³/mol. The number of carbonyl (C=O) groups excluding carboxylic acids is 2. The second kappa shape index (κ2) is 7.28. The third-order valence-corrected chi connectivity index (χ3v) is 4.26. The third-order valence-electron chi connectivity index (χ3n) is 3.92. The highest BCUT2D eigenvalue weighted by molar-refractivity contribution is 6.33.